The first-order valence-corrected chi connectivity index (χ1v) is 9.15. The van der Waals surface area contributed by atoms with E-state index in [9.17, 15) is 9.18 Å². The fourth-order valence-corrected chi connectivity index (χ4v) is 4.22. The minimum atomic E-state index is -0.401. The van der Waals surface area contributed by atoms with E-state index >= 15 is 0 Å². The Balaban J connectivity index is 1.68. The lowest BCUT2D eigenvalue weighted by Gasteiger charge is -2.32. The second-order valence-electron chi connectivity index (χ2n) is 7.59. The average molecular weight is 348 g/mol. The highest BCUT2D eigenvalue weighted by Gasteiger charge is 2.38. The number of nitrogens with zero attached hydrogens (tertiary/aromatic N) is 2. The van der Waals surface area contributed by atoms with E-state index in [0.717, 1.165) is 5.56 Å². The summed E-state index contributed by atoms with van der Waals surface area (Å²) in [4.78, 5) is 16.8. The number of fused-ring (bicyclic) bond motifs is 1. The highest BCUT2D eigenvalue weighted by molar-refractivity contribution is 5.83. The number of halogens is 1. The number of carbonyl (C=O) groups is 1. The van der Waals surface area contributed by atoms with Gasteiger partial charge in [0.05, 0.1) is 0 Å². The molecule has 6 heteroatoms. The van der Waals surface area contributed by atoms with Crippen molar-refractivity contribution in [3.63, 3.8) is 0 Å². The number of hydrogen-bond donors (Lipinski definition) is 2. The molecule has 1 aliphatic carbocycles. The number of rotatable bonds is 5. The predicted molar refractivity (Wildman–Crippen MR) is 96.3 cm³/mol. The summed E-state index contributed by atoms with van der Waals surface area (Å²) in [6.07, 6.45) is 4.98. The lowest BCUT2D eigenvalue weighted by Crippen LogP contribution is -2.46. The van der Waals surface area contributed by atoms with Crippen LogP contribution >= 0.6 is 0 Å². The SMILES string of the molecule is CN(CC1NNC2CCCCC21)C(=O)C(c1ccc(F)cc1)N(C)C. The Hall–Kier alpha value is -1.50. The van der Waals surface area contributed by atoms with E-state index in [-0.39, 0.29) is 17.8 Å². The van der Waals surface area contributed by atoms with Crippen molar-refractivity contribution in [3.05, 3.63) is 35.6 Å². The van der Waals surface area contributed by atoms with E-state index < -0.39 is 6.04 Å². The van der Waals surface area contributed by atoms with Gasteiger partial charge in [0, 0.05) is 25.7 Å². The van der Waals surface area contributed by atoms with Crippen LogP contribution in [0.1, 0.15) is 37.3 Å². The normalized spacial score (nSPS) is 27.2. The molecule has 5 nitrogen and oxygen atoms in total. The summed E-state index contributed by atoms with van der Waals surface area (Å²) < 4.78 is 13.2. The summed E-state index contributed by atoms with van der Waals surface area (Å²) in [6, 6.07) is 6.63. The molecule has 0 bridgehead atoms. The van der Waals surface area contributed by atoms with E-state index in [1.807, 2.05) is 30.9 Å². The average Bonchev–Trinajstić information content (AvgIpc) is 2.99. The van der Waals surface area contributed by atoms with Crippen molar-refractivity contribution in [1.29, 1.82) is 0 Å². The van der Waals surface area contributed by atoms with Crippen LogP contribution in [0.4, 0.5) is 4.39 Å². The molecular formula is C19H29FN4O. The fourth-order valence-electron chi connectivity index (χ4n) is 4.22. The maximum atomic E-state index is 13.2. The Bertz CT molecular complexity index is 592. The van der Waals surface area contributed by atoms with Crippen molar-refractivity contribution in [1.82, 2.24) is 20.7 Å². The molecule has 1 saturated heterocycles. The van der Waals surface area contributed by atoms with E-state index in [4.69, 9.17) is 0 Å². The monoisotopic (exact) mass is 348 g/mol. The molecule has 4 atom stereocenters. The molecule has 1 aliphatic heterocycles. The van der Waals surface area contributed by atoms with Gasteiger partial charge in [-0.2, -0.15) is 0 Å². The molecule has 0 aromatic heterocycles. The third-order valence-corrected chi connectivity index (χ3v) is 5.57. The molecule has 2 aliphatic rings. The highest BCUT2D eigenvalue weighted by Crippen LogP contribution is 2.30. The van der Waals surface area contributed by atoms with Crippen molar-refractivity contribution >= 4 is 5.91 Å². The lowest BCUT2D eigenvalue weighted by molar-refractivity contribution is -0.135. The Morgan fingerprint density at radius 3 is 2.52 bits per heavy atom. The van der Waals surface area contributed by atoms with Crippen LogP contribution in [0.3, 0.4) is 0 Å². The number of benzene rings is 1. The summed E-state index contributed by atoms with van der Waals surface area (Å²) >= 11 is 0. The Morgan fingerprint density at radius 2 is 1.84 bits per heavy atom. The smallest absolute Gasteiger partial charge is 0.244 e. The van der Waals surface area contributed by atoms with Gasteiger partial charge in [0.2, 0.25) is 5.91 Å². The summed E-state index contributed by atoms with van der Waals surface area (Å²) in [7, 11) is 5.62. The molecule has 4 unspecified atom stereocenters. The zero-order valence-corrected chi connectivity index (χ0v) is 15.3. The molecule has 2 N–H and O–H groups in total. The van der Waals surface area contributed by atoms with Crippen LogP contribution in [-0.4, -0.2) is 55.5 Å². The largest absolute Gasteiger partial charge is 0.342 e. The van der Waals surface area contributed by atoms with Gasteiger partial charge < -0.3 is 4.90 Å². The van der Waals surface area contributed by atoms with Gasteiger partial charge in [-0.25, -0.2) is 4.39 Å². The first kappa shape index (κ1) is 18.3. The highest BCUT2D eigenvalue weighted by atomic mass is 19.1. The van der Waals surface area contributed by atoms with Crippen LogP contribution in [0.2, 0.25) is 0 Å². The Kier molecular flexibility index (Phi) is 5.71. The molecule has 0 radical (unpaired) electrons. The topological polar surface area (TPSA) is 47.6 Å². The van der Waals surface area contributed by atoms with Gasteiger partial charge in [0.25, 0.3) is 0 Å². The first-order chi connectivity index (χ1) is 12.0. The van der Waals surface area contributed by atoms with Crippen molar-refractivity contribution in [3.8, 4) is 0 Å². The van der Waals surface area contributed by atoms with Crippen molar-refractivity contribution in [2.75, 3.05) is 27.7 Å². The van der Waals surface area contributed by atoms with Crippen molar-refractivity contribution in [2.45, 2.75) is 43.8 Å². The van der Waals surface area contributed by atoms with Gasteiger partial charge in [-0.3, -0.25) is 20.5 Å². The number of hydrogen-bond acceptors (Lipinski definition) is 4. The molecule has 3 rings (SSSR count). The zero-order chi connectivity index (χ0) is 18.0. The standard InChI is InChI=1S/C19H29FN4O/c1-23(2)18(13-8-10-14(20)11-9-13)19(25)24(3)12-17-15-6-4-5-7-16(15)21-22-17/h8-11,15-18,21-22H,4-7,12H2,1-3H3. The molecule has 1 saturated carbocycles. The summed E-state index contributed by atoms with van der Waals surface area (Å²) in [5.74, 6) is 0.344. The lowest BCUT2D eigenvalue weighted by atomic mass is 9.81. The Morgan fingerprint density at radius 1 is 1.16 bits per heavy atom. The molecule has 138 valence electrons. The third kappa shape index (κ3) is 4.02. The maximum Gasteiger partial charge on any atom is 0.244 e. The number of hydrazine groups is 1. The van der Waals surface area contributed by atoms with Crippen LogP contribution in [0.25, 0.3) is 0 Å². The van der Waals surface area contributed by atoms with Crippen LogP contribution in [-0.2, 0) is 4.79 Å². The number of amides is 1. The number of likely N-dealkylation sites (N-methyl/N-ethyl adjacent to an activating group) is 2. The number of nitrogens with one attached hydrogen (secondary N) is 2. The van der Waals surface area contributed by atoms with Crippen LogP contribution in [0, 0.1) is 11.7 Å². The minimum Gasteiger partial charge on any atom is -0.342 e. The van der Waals surface area contributed by atoms with Crippen molar-refractivity contribution in [2.24, 2.45) is 5.92 Å². The summed E-state index contributed by atoms with van der Waals surface area (Å²) in [6.45, 7) is 0.679. The molecule has 1 aromatic rings. The molecule has 2 fully saturated rings. The summed E-state index contributed by atoms with van der Waals surface area (Å²) in [5, 5.41) is 0. The zero-order valence-electron chi connectivity index (χ0n) is 15.3. The molecular weight excluding hydrogens is 319 g/mol. The van der Waals surface area contributed by atoms with Gasteiger partial charge in [-0.1, -0.05) is 25.0 Å². The maximum absolute atomic E-state index is 13.2. The quantitative estimate of drug-likeness (QED) is 0.854. The van der Waals surface area contributed by atoms with Crippen LogP contribution < -0.4 is 10.9 Å². The van der Waals surface area contributed by atoms with E-state index in [1.165, 1.54) is 37.8 Å². The second kappa shape index (κ2) is 7.81. The number of carbonyl (C=O) groups excluding carboxylic acids is 1. The van der Waals surface area contributed by atoms with E-state index in [1.54, 1.807) is 12.1 Å². The van der Waals surface area contributed by atoms with Gasteiger partial charge in [-0.15, -0.1) is 0 Å². The predicted octanol–water partition coefficient (Wildman–Crippen LogP) is 1.92. The molecule has 25 heavy (non-hydrogen) atoms. The minimum absolute atomic E-state index is 0.0395. The Labute approximate surface area is 149 Å². The second-order valence-corrected chi connectivity index (χ2v) is 7.59. The molecule has 1 amide bonds. The molecule has 0 spiro atoms. The van der Waals surface area contributed by atoms with Crippen LogP contribution in [0.5, 0.6) is 0 Å². The van der Waals surface area contributed by atoms with E-state index in [0.29, 0.717) is 18.5 Å². The van der Waals surface area contributed by atoms with Crippen LogP contribution in [0.15, 0.2) is 24.3 Å². The molecule has 1 aromatic carbocycles. The van der Waals surface area contributed by atoms with Gasteiger partial charge in [0.1, 0.15) is 11.9 Å². The fraction of sp³-hybridized carbons (Fsp3) is 0.632. The third-order valence-electron chi connectivity index (χ3n) is 5.57. The van der Waals surface area contributed by atoms with Gasteiger partial charge >= 0.3 is 0 Å². The van der Waals surface area contributed by atoms with E-state index in [2.05, 4.69) is 10.9 Å². The van der Waals surface area contributed by atoms with Crippen molar-refractivity contribution < 1.29 is 9.18 Å². The van der Waals surface area contributed by atoms with Gasteiger partial charge in [-0.05, 0) is 50.6 Å². The summed E-state index contributed by atoms with van der Waals surface area (Å²) in [5.41, 5.74) is 7.61. The first-order valence-electron chi connectivity index (χ1n) is 9.15. The molecule has 1 heterocycles. The van der Waals surface area contributed by atoms with Gasteiger partial charge in [0.15, 0.2) is 0 Å².